The highest BCUT2D eigenvalue weighted by atomic mass is 19.1. The molecular weight excluding hydrogens is 675 g/mol. The van der Waals surface area contributed by atoms with E-state index in [1.54, 1.807) is 25.1 Å². The van der Waals surface area contributed by atoms with Crippen LogP contribution >= 0.6 is 0 Å². The molecule has 0 saturated heterocycles. The molecule has 0 fully saturated rings. The second-order valence-electron chi connectivity index (χ2n) is 13.8. The Balaban J connectivity index is 1.71. The Hall–Kier alpha value is -4.47. The molecule has 0 saturated carbocycles. The maximum Gasteiger partial charge on any atom is 0.333 e. The van der Waals surface area contributed by atoms with E-state index in [-0.39, 0.29) is 25.4 Å². The number of aliphatic hydroxyl groups excluding tert-OH is 2. The Morgan fingerprint density at radius 1 is 0.679 bits per heavy atom. The lowest BCUT2D eigenvalue weighted by Crippen LogP contribution is -2.41. The van der Waals surface area contributed by atoms with E-state index in [1.165, 1.54) is 57.9 Å². The third-order valence-electron chi connectivity index (χ3n) is 9.03. The molecule has 0 spiro atoms. The molecule has 2 N–H and O–H groups in total. The first-order chi connectivity index (χ1) is 25.5. The molecule has 8 nitrogen and oxygen atoms in total. The number of carbonyl (C=O) groups is 2. The standard InChI is InChI=1S/C44H57FO8/c1-6-7-8-9-10-11-12-13-24-50-38-20-16-34(17-21-38)35-18-22-39(40(45)27-35)36-19-23-41(37(26-36)15-14-25-51-42(48)32(2)3)52-30-44(28-46,29-47)31-53-43(49)33(4)5/h16-23,26-27,46-47H,2,4,6-15,24-25,28-31H2,1,3,5H3. The van der Waals surface area contributed by atoms with Gasteiger partial charge in [0.05, 0.1) is 31.8 Å². The number of hydrogen-bond acceptors (Lipinski definition) is 8. The molecule has 0 aliphatic rings. The fourth-order valence-electron chi connectivity index (χ4n) is 5.58. The zero-order valence-corrected chi connectivity index (χ0v) is 31.7. The van der Waals surface area contributed by atoms with Gasteiger partial charge in [0, 0.05) is 16.7 Å². The van der Waals surface area contributed by atoms with Crippen LogP contribution in [0.5, 0.6) is 11.5 Å². The second-order valence-corrected chi connectivity index (χ2v) is 13.8. The van der Waals surface area contributed by atoms with Crippen LogP contribution in [0.25, 0.3) is 22.3 Å². The molecule has 0 aliphatic heterocycles. The Morgan fingerprint density at radius 3 is 1.91 bits per heavy atom. The lowest BCUT2D eigenvalue weighted by molar-refractivity contribution is -0.146. The van der Waals surface area contributed by atoms with Crippen molar-refractivity contribution in [1.82, 2.24) is 0 Å². The molecule has 0 bridgehead atoms. The summed E-state index contributed by atoms with van der Waals surface area (Å²) in [4.78, 5) is 23.9. The van der Waals surface area contributed by atoms with Crippen molar-refractivity contribution in [2.45, 2.75) is 85.0 Å². The van der Waals surface area contributed by atoms with Crippen molar-refractivity contribution in [2.24, 2.45) is 5.41 Å². The van der Waals surface area contributed by atoms with E-state index in [2.05, 4.69) is 20.1 Å². The van der Waals surface area contributed by atoms with Crippen LogP contribution in [-0.4, -0.2) is 61.8 Å². The van der Waals surface area contributed by atoms with Crippen LogP contribution in [0.3, 0.4) is 0 Å². The van der Waals surface area contributed by atoms with Gasteiger partial charge in [-0.25, -0.2) is 14.0 Å². The van der Waals surface area contributed by atoms with Gasteiger partial charge in [0.1, 0.15) is 30.5 Å². The van der Waals surface area contributed by atoms with Gasteiger partial charge in [0.15, 0.2) is 0 Å². The van der Waals surface area contributed by atoms with Crippen LogP contribution in [0.1, 0.15) is 84.1 Å². The van der Waals surface area contributed by atoms with Gasteiger partial charge >= 0.3 is 11.9 Å². The number of aryl methyl sites for hydroxylation is 1. The lowest BCUT2D eigenvalue weighted by Gasteiger charge is -2.29. The minimum atomic E-state index is -1.28. The van der Waals surface area contributed by atoms with Crippen LogP contribution in [0.15, 0.2) is 85.0 Å². The summed E-state index contributed by atoms with van der Waals surface area (Å²) in [6.45, 7) is 11.8. The number of esters is 2. The van der Waals surface area contributed by atoms with E-state index in [9.17, 15) is 19.8 Å². The number of unbranched alkanes of at least 4 members (excludes halogenated alkanes) is 7. The number of hydrogen-bond donors (Lipinski definition) is 2. The summed E-state index contributed by atoms with van der Waals surface area (Å²) in [6, 6.07) is 18.1. The maximum absolute atomic E-state index is 15.7. The maximum atomic E-state index is 15.7. The summed E-state index contributed by atoms with van der Waals surface area (Å²) in [7, 11) is 0. The number of rotatable bonds is 25. The minimum Gasteiger partial charge on any atom is -0.494 e. The third-order valence-corrected chi connectivity index (χ3v) is 9.03. The Kier molecular flexibility index (Phi) is 18.3. The lowest BCUT2D eigenvalue weighted by atomic mass is 9.92. The normalized spacial score (nSPS) is 11.2. The van der Waals surface area contributed by atoms with Crippen molar-refractivity contribution in [3.05, 3.63) is 96.3 Å². The van der Waals surface area contributed by atoms with Crippen molar-refractivity contribution in [3.8, 4) is 33.8 Å². The predicted octanol–water partition coefficient (Wildman–Crippen LogP) is 9.20. The van der Waals surface area contributed by atoms with Crippen molar-refractivity contribution in [1.29, 1.82) is 0 Å². The molecule has 0 atom stereocenters. The molecule has 3 aromatic rings. The predicted molar refractivity (Wildman–Crippen MR) is 207 cm³/mol. The topological polar surface area (TPSA) is 112 Å². The monoisotopic (exact) mass is 732 g/mol. The largest absolute Gasteiger partial charge is 0.494 e. The molecule has 3 rings (SSSR count). The summed E-state index contributed by atoms with van der Waals surface area (Å²) in [6.07, 6.45) is 10.8. The van der Waals surface area contributed by atoms with Gasteiger partial charge < -0.3 is 29.2 Å². The summed E-state index contributed by atoms with van der Waals surface area (Å²) >= 11 is 0. The molecule has 288 valence electrons. The molecule has 0 amide bonds. The number of halogens is 1. The van der Waals surface area contributed by atoms with Crippen LogP contribution in [0, 0.1) is 11.2 Å². The van der Waals surface area contributed by atoms with Crippen molar-refractivity contribution < 1.29 is 43.1 Å². The molecule has 3 aromatic carbocycles. The molecule has 0 aromatic heterocycles. The molecular formula is C44H57FO8. The van der Waals surface area contributed by atoms with Crippen LogP contribution < -0.4 is 9.47 Å². The van der Waals surface area contributed by atoms with Gasteiger partial charge in [0.2, 0.25) is 0 Å². The number of aliphatic hydroxyl groups is 2. The number of benzene rings is 3. The summed E-state index contributed by atoms with van der Waals surface area (Å²) in [5.74, 6) is -0.306. The first-order valence-electron chi connectivity index (χ1n) is 18.7. The van der Waals surface area contributed by atoms with E-state index in [4.69, 9.17) is 18.9 Å². The fraction of sp³-hybridized carbons (Fsp3) is 0.455. The summed E-state index contributed by atoms with van der Waals surface area (Å²) < 4.78 is 38.3. The van der Waals surface area contributed by atoms with Gasteiger partial charge in [-0.05, 0) is 85.7 Å². The molecule has 0 aliphatic carbocycles. The van der Waals surface area contributed by atoms with E-state index >= 15 is 4.39 Å². The minimum absolute atomic E-state index is 0.134. The van der Waals surface area contributed by atoms with Gasteiger partial charge in [-0.1, -0.05) is 95.4 Å². The van der Waals surface area contributed by atoms with Crippen molar-refractivity contribution >= 4 is 11.9 Å². The average molecular weight is 733 g/mol. The highest BCUT2D eigenvalue weighted by molar-refractivity contribution is 5.87. The first kappa shape index (κ1) is 42.9. The van der Waals surface area contributed by atoms with Gasteiger partial charge in [-0.3, -0.25) is 0 Å². The van der Waals surface area contributed by atoms with E-state index < -0.39 is 36.4 Å². The van der Waals surface area contributed by atoms with Crippen LogP contribution in [0.2, 0.25) is 0 Å². The Morgan fingerprint density at radius 2 is 1.28 bits per heavy atom. The van der Waals surface area contributed by atoms with Crippen molar-refractivity contribution in [3.63, 3.8) is 0 Å². The molecule has 0 unspecified atom stereocenters. The van der Waals surface area contributed by atoms with E-state index in [0.717, 1.165) is 23.3 Å². The second kappa shape index (κ2) is 22.6. The number of carbonyl (C=O) groups excluding carboxylic acids is 2. The molecule has 0 heterocycles. The van der Waals surface area contributed by atoms with Crippen molar-refractivity contribution in [2.75, 3.05) is 39.6 Å². The Labute approximate surface area is 314 Å². The third kappa shape index (κ3) is 14.1. The van der Waals surface area contributed by atoms with Crippen LogP contribution in [0.4, 0.5) is 4.39 Å². The first-order valence-corrected chi connectivity index (χ1v) is 18.7. The fourth-order valence-corrected chi connectivity index (χ4v) is 5.58. The van der Waals surface area contributed by atoms with Gasteiger partial charge in [0.25, 0.3) is 0 Å². The average Bonchev–Trinajstić information content (AvgIpc) is 3.16. The SMILES string of the molecule is C=C(C)C(=O)OCCCc1cc(-c2ccc(-c3ccc(OCCCCCCCCCC)cc3)cc2F)ccc1OCC(CO)(CO)COC(=O)C(=C)C. The summed E-state index contributed by atoms with van der Waals surface area (Å²) in [5, 5.41) is 20.2. The molecule has 53 heavy (non-hydrogen) atoms. The van der Waals surface area contributed by atoms with E-state index in [0.29, 0.717) is 47.5 Å². The zero-order valence-electron chi connectivity index (χ0n) is 31.7. The van der Waals surface area contributed by atoms with Crippen LogP contribution in [-0.2, 0) is 25.5 Å². The highest BCUT2D eigenvalue weighted by Crippen LogP contribution is 2.33. The molecule has 0 radical (unpaired) electrons. The Bertz CT molecular complexity index is 1630. The quantitative estimate of drug-likeness (QED) is 0.0504. The van der Waals surface area contributed by atoms with E-state index in [1.807, 2.05) is 36.4 Å². The smallest absolute Gasteiger partial charge is 0.333 e. The van der Waals surface area contributed by atoms with Gasteiger partial charge in [-0.15, -0.1) is 0 Å². The summed E-state index contributed by atoms with van der Waals surface area (Å²) in [5.41, 5.74) is 2.52. The van der Waals surface area contributed by atoms with Gasteiger partial charge in [-0.2, -0.15) is 0 Å². The highest BCUT2D eigenvalue weighted by Gasteiger charge is 2.32. The zero-order chi connectivity index (χ0) is 38.6. The molecule has 9 heteroatoms. The number of ether oxygens (including phenoxy) is 4.